The van der Waals surface area contributed by atoms with Crippen LogP contribution in [0.5, 0.6) is 0 Å². The van der Waals surface area contributed by atoms with Crippen LogP contribution in [0.2, 0.25) is 0 Å². The molecule has 0 N–H and O–H groups in total. The van der Waals surface area contributed by atoms with Crippen LogP contribution in [0.15, 0.2) is 17.2 Å². The summed E-state index contributed by atoms with van der Waals surface area (Å²) in [5.74, 6) is 1.25. The third-order valence-electron chi connectivity index (χ3n) is 5.92. The number of hydrogen-bond acceptors (Lipinski definition) is 3. The summed E-state index contributed by atoms with van der Waals surface area (Å²) in [4.78, 5) is 29.9. The van der Waals surface area contributed by atoms with Gasteiger partial charge in [0.25, 0.3) is 5.56 Å². The topological polar surface area (TPSA) is 55.2 Å². The molecule has 0 spiro atoms. The first-order valence-corrected chi connectivity index (χ1v) is 9.66. The highest BCUT2D eigenvalue weighted by molar-refractivity contribution is 5.79. The van der Waals surface area contributed by atoms with Crippen LogP contribution < -0.4 is 5.56 Å². The molecular weight excluding hydrogens is 359 g/mol. The van der Waals surface area contributed by atoms with E-state index in [4.69, 9.17) is 0 Å². The zero-order valence-electron chi connectivity index (χ0n) is 15.5. The van der Waals surface area contributed by atoms with Crippen molar-refractivity contribution < 1.29 is 18.0 Å². The number of piperidine rings is 1. The summed E-state index contributed by atoms with van der Waals surface area (Å²) in [6.45, 7) is 3.87. The number of aromatic nitrogens is 2. The Morgan fingerprint density at radius 2 is 1.78 bits per heavy atom. The summed E-state index contributed by atoms with van der Waals surface area (Å²) < 4.78 is 39.0. The van der Waals surface area contributed by atoms with E-state index < -0.39 is 17.4 Å². The minimum absolute atomic E-state index is 0.138. The van der Waals surface area contributed by atoms with Crippen LogP contribution in [0.1, 0.15) is 51.1 Å². The quantitative estimate of drug-likeness (QED) is 0.802. The van der Waals surface area contributed by atoms with E-state index in [1.807, 2.05) is 4.90 Å². The van der Waals surface area contributed by atoms with Gasteiger partial charge in [0.05, 0.1) is 6.33 Å². The number of rotatable bonds is 3. The van der Waals surface area contributed by atoms with Crippen LogP contribution in [-0.2, 0) is 17.5 Å². The summed E-state index contributed by atoms with van der Waals surface area (Å²) in [5.41, 5.74) is -1.85. The first-order valence-electron chi connectivity index (χ1n) is 9.66. The molecule has 1 aromatic heterocycles. The molecule has 1 aliphatic heterocycles. The molecule has 8 heteroatoms. The van der Waals surface area contributed by atoms with Crippen LogP contribution in [-0.4, -0.2) is 33.4 Å². The van der Waals surface area contributed by atoms with Gasteiger partial charge in [-0.25, -0.2) is 4.98 Å². The lowest BCUT2D eigenvalue weighted by Crippen LogP contribution is -2.43. The van der Waals surface area contributed by atoms with E-state index in [9.17, 15) is 22.8 Å². The van der Waals surface area contributed by atoms with Crippen LogP contribution in [0.3, 0.4) is 0 Å². The van der Waals surface area contributed by atoms with Gasteiger partial charge in [-0.2, -0.15) is 13.2 Å². The molecule has 3 rings (SSSR count). The predicted molar refractivity (Wildman–Crippen MR) is 93.9 cm³/mol. The van der Waals surface area contributed by atoms with E-state index in [1.54, 1.807) is 0 Å². The molecule has 0 atom stereocenters. The molecule has 2 fully saturated rings. The Bertz CT molecular complexity index is 716. The monoisotopic (exact) mass is 385 g/mol. The molecule has 150 valence electrons. The van der Waals surface area contributed by atoms with Gasteiger partial charge in [-0.05, 0) is 50.4 Å². The minimum atomic E-state index is -4.61. The fourth-order valence-electron chi connectivity index (χ4n) is 4.10. The number of carbonyl (C=O) groups is 1. The standard InChI is InChI=1S/C19H26F3N3O2/c1-13-2-4-15(5-3-13)18(27)24-8-6-14(7-9-24)11-25-12-23-16(10-17(25)26)19(20,21)22/h10,12-15H,2-9,11H2,1H3. The molecule has 2 aliphatic rings. The van der Waals surface area contributed by atoms with E-state index in [0.29, 0.717) is 31.6 Å². The molecule has 1 saturated carbocycles. The van der Waals surface area contributed by atoms with Gasteiger partial charge in [0.1, 0.15) is 0 Å². The van der Waals surface area contributed by atoms with Gasteiger partial charge in [0.15, 0.2) is 5.69 Å². The Labute approximate surface area is 156 Å². The van der Waals surface area contributed by atoms with Crippen LogP contribution in [0, 0.1) is 17.8 Å². The van der Waals surface area contributed by atoms with Gasteiger partial charge in [-0.15, -0.1) is 0 Å². The zero-order valence-corrected chi connectivity index (χ0v) is 15.5. The van der Waals surface area contributed by atoms with Crippen molar-refractivity contribution in [3.05, 3.63) is 28.4 Å². The number of amides is 1. The normalized spacial score (nSPS) is 24.8. The first-order chi connectivity index (χ1) is 12.7. The van der Waals surface area contributed by atoms with E-state index in [1.165, 1.54) is 4.57 Å². The highest BCUT2D eigenvalue weighted by atomic mass is 19.4. The van der Waals surface area contributed by atoms with E-state index >= 15 is 0 Å². The van der Waals surface area contributed by atoms with E-state index in [0.717, 1.165) is 44.9 Å². The Morgan fingerprint density at radius 3 is 2.33 bits per heavy atom. The Kier molecular flexibility index (Phi) is 5.91. The zero-order chi connectivity index (χ0) is 19.6. The fraction of sp³-hybridized carbons (Fsp3) is 0.737. The maximum Gasteiger partial charge on any atom is 0.433 e. The number of halogens is 3. The Morgan fingerprint density at radius 1 is 1.15 bits per heavy atom. The van der Waals surface area contributed by atoms with Crippen molar-refractivity contribution in [2.45, 2.75) is 58.2 Å². The van der Waals surface area contributed by atoms with Gasteiger partial charge in [-0.3, -0.25) is 14.2 Å². The van der Waals surface area contributed by atoms with Crippen LogP contribution in [0.25, 0.3) is 0 Å². The molecular formula is C19H26F3N3O2. The highest BCUT2D eigenvalue weighted by Gasteiger charge is 2.33. The van der Waals surface area contributed by atoms with Crippen LogP contribution in [0.4, 0.5) is 13.2 Å². The summed E-state index contributed by atoms with van der Waals surface area (Å²) in [6, 6.07) is 0.544. The molecule has 5 nitrogen and oxygen atoms in total. The van der Waals surface area contributed by atoms with Crippen molar-refractivity contribution in [3.63, 3.8) is 0 Å². The average Bonchev–Trinajstić information content (AvgIpc) is 2.63. The van der Waals surface area contributed by atoms with Gasteiger partial charge in [0.2, 0.25) is 5.91 Å². The molecule has 1 aliphatic carbocycles. The largest absolute Gasteiger partial charge is 0.433 e. The molecule has 0 radical (unpaired) electrons. The summed E-state index contributed by atoms with van der Waals surface area (Å²) in [5, 5.41) is 0. The lowest BCUT2D eigenvalue weighted by molar-refractivity contribution is -0.141. The molecule has 0 aromatic carbocycles. The second-order valence-electron chi connectivity index (χ2n) is 7.99. The second-order valence-corrected chi connectivity index (χ2v) is 7.99. The lowest BCUT2D eigenvalue weighted by Gasteiger charge is -2.36. The summed E-state index contributed by atoms with van der Waals surface area (Å²) >= 11 is 0. The number of nitrogens with zero attached hydrogens (tertiary/aromatic N) is 3. The van der Waals surface area contributed by atoms with Crippen molar-refractivity contribution in [2.75, 3.05) is 13.1 Å². The van der Waals surface area contributed by atoms with Crippen molar-refractivity contribution in [1.29, 1.82) is 0 Å². The predicted octanol–water partition coefficient (Wildman–Crippen LogP) is 3.33. The smallest absolute Gasteiger partial charge is 0.342 e. The number of hydrogen-bond donors (Lipinski definition) is 0. The van der Waals surface area contributed by atoms with Crippen molar-refractivity contribution in [2.24, 2.45) is 17.8 Å². The molecule has 0 unspecified atom stereocenters. The molecule has 1 saturated heterocycles. The molecule has 27 heavy (non-hydrogen) atoms. The van der Waals surface area contributed by atoms with Gasteiger partial charge in [0, 0.05) is 31.6 Å². The second kappa shape index (κ2) is 8.02. The lowest BCUT2D eigenvalue weighted by atomic mass is 9.82. The molecule has 2 heterocycles. The summed E-state index contributed by atoms with van der Waals surface area (Å²) in [6.07, 6.45) is 2.02. The molecule has 0 bridgehead atoms. The van der Waals surface area contributed by atoms with Gasteiger partial charge >= 0.3 is 6.18 Å². The van der Waals surface area contributed by atoms with E-state index in [2.05, 4.69) is 11.9 Å². The Hall–Kier alpha value is -1.86. The number of carbonyl (C=O) groups excluding carboxylic acids is 1. The van der Waals surface area contributed by atoms with Gasteiger partial charge < -0.3 is 4.90 Å². The van der Waals surface area contributed by atoms with Crippen LogP contribution >= 0.6 is 0 Å². The number of alkyl halides is 3. The maximum atomic E-state index is 12.7. The Balaban J connectivity index is 1.52. The number of likely N-dealkylation sites (tertiary alicyclic amines) is 1. The SMILES string of the molecule is CC1CCC(C(=O)N2CCC(Cn3cnc(C(F)(F)F)cc3=O)CC2)CC1. The highest BCUT2D eigenvalue weighted by Crippen LogP contribution is 2.31. The average molecular weight is 385 g/mol. The third kappa shape index (κ3) is 4.90. The van der Waals surface area contributed by atoms with Crippen molar-refractivity contribution >= 4 is 5.91 Å². The third-order valence-corrected chi connectivity index (χ3v) is 5.92. The molecule has 1 amide bonds. The van der Waals surface area contributed by atoms with Crippen molar-refractivity contribution in [1.82, 2.24) is 14.5 Å². The van der Waals surface area contributed by atoms with Crippen molar-refractivity contribution in [3.8, 4) is 0 Å². The minimum Gasteiger partial charge on any atom is -0.342 e. The summed E-state index contributed by atoms with van der Waals surface area (Å²) in [7, 11) is 0. The molecule has 1 aromatic rings. The fourth-order valence-corrected chi connectivity index (χ4v) is 4.10. The maximum absolute atomic E-state index is 12.7. The van der Waals surface area contributed by atoms with E-state index in [-0.39, 0.29) is 17.7 Å². The first kappa shape index (κ1) is 19.9. The van der Waals surface area contributed by atoms with Gasteiger partial charge in [-0.1, -0.05) is 6.92 Å².